The summed E-state index contributed by atoms with van der Waals surface area (Å²) in [6, 6.07) is 9.65. The summed E-state index contributed by atoms with van der Waals surface area (Å²) in [6.07, 6.45) is 1.96. The predicted molar refractivity (Wildman–Crippen MR) is 68.6 cm³/mol. The topological polar surface area (TPSA) is 38.3 Å². The lowest BCUT2D eigenvalue weighted by Gasteiger charge is -2.09. The summed E-state index contributed by atoms with van der Waals surface area (Å²) >= 11 is 0. The molecule has 0 saturated carbocycles. The Morgan fingerprint density at radius 2 is 2.06 bits per heavy atom. The van der Waals surface area contributed by atoms with Crippen molar-refractivity contribution in [2.75, 3.05) is 6.54 Å². The third-order valence-electron chi connectivity index (χ3n) is 2.57. The van der Waals surface area contributed by atoms with Crippen molar-refractivity contribution in [2.45, 2.75) is 39.3 Å². The maximum Gasteiger partial charge on any atom is 0.323 e. The molecule has 17 heavy (non-hydrogen) atoms. The molecule has 2 rings (SSSR count). The van der Waals surface area contributed by atoms with E-state index in [0.29, 0.717) is 6.61 Å². The third-order valence-corrected chi connectivity index (χ3v) is 2.57. The van der Waals surface area contributed by atoms with Gasteiger partial charge in [-0.1, -0.05) is 44.2 Å². The molecule has 1 N–H and O–H groups in total. The molecule has 0 spiro atoms. The lowest BCUT2D eigenvalue weighted by Crippen LogP contribution is -2.32. The van der Waals surface area contributed by atoms with Crippen LogP contribution in [0.1, 0.15) is 32.3 Å². The Morgan fingerprint density at radius 3 is 2.65 bits per heavy atom. The van der Waals surface area contributed by atoms with Gasteiger partial charge in [-0.2, -0.15) is 0 Å². The Hall–Kier alpha value is -1.35. The molecule has 0 amide bonds. The summed E-state index contributed by atoms with van der Waals surface area (Å²) < 4.78 is 5.21. The van der Waals surface area contributed by atoms with Crippen LogP contribution in [0.5, 0.6) is 0 Å². The fraction of sp³-hybridized carbons (Fsp3) is 0.500. The lowest BCUT2D eigenvalue weighted by atomic mass is 10.2. The lowest BCUT2D eigenvalue weighted by molar-refractivity contribution is -0.147. The number of hydrogen-bond acceptors (Lipinski definition) is 3. The van der Waals surface area contributed by atoms with E-state index in [-0.39, 0.29) is 12.0 Å². The first-order chi connectivity index (χ1) is 8.36. The molecule has 1 aliphatic rings. The van der Waals surface area contributed by atoms with Gasteiger partial charge >= 0.3 is 5.97 Å². The minimum absolute atomic E-state index is 0.0892. The van der Waals surface area contributed by atoms with Crippen LogP contribution in [0, 0.1) is 0 Å². The number of hydrogen-bond donors (Lipinski definition) is 1. The van der Waals surface area contributed by atoms with E-state index < -0.39 is 0 Å². The molecule has 0 aliphatic carbocycles. The minimum atomic E-state index is -0.128. The van der Waals surface area contributed by atoms with Gasteiger partial charge in [-0.25, -0.2) is 0 Å². The summed E-state index contributed by atoms with van der Waals surface area (Å²) in [4.78, 5) is 11.5. The Morgan fingerprint density at radius 1 is 1.35 bits per heavy atom. The van der Waals surface area contributed by atoms with Crippen LogP contribution in [0.4, 0.5) is 0 Å². The Bertz CT molecular complexity index is 318. The van der Waals surface area contributed by atoms with Gasteiger partial charge in [-0.15, -0.1) is 0 Å². The SMILES string of the molecule is CC.O=C(OCc1ccccc1)[C@@H]1CCCN1. The Kier molecular flexibility index (Phi) is 6.33. The van der Waals surface area contributed by atoms with Crippen molar-refractivity contribution >= 4 is 5.97 Å². The maximum atomic E-state index is 11.5. The van der Waals surface area contributed by atoms with Crippen LogP contribution in [-0.2, 0) is 16.1 Å². The van der Waals surface area contributed by atoms with Crippen LogP contribution < -0.4 is 5.32 Å². The van der Waals surface area contributed by atoms with E-state index in [0.717, 1.165) is 24.9 Å². The standard InChI is InChI=1S/C12H15NO2.C2H6/c14-12(11-7-4-8-13-11)15-9-10-5-2-1-3-6-10;1-2/h1-3,5-6,11,13H,4,7-9H2;1-2H3/t11-;/m0./s1. The van der Waals surface area contributed by atoms with Gasteiger partial charge in [0.1, 0.15) is 12.6 Å². The van der Waals surface area contributed by atoms with E-state index in [2.05, 4.69) is 5.32 Å². The fourth-order valence-electron chi connectivity index (χ4n) is 1.72. The monoisotopic (exact) mass is 235 g/mol. The van der Waals surface area contributed by atoms with Crippen LogP contribution in [0.3, 0.4) is 0 Å². The maximum absolute atomic E-state index is 11.5. The van der Waals surface area contributed by atoms with Crippen molar-refractivity contribution in [3.63, 3.8) is 0 Å². The summed E-state index contributed by atoms with van der Waals surface area (Å²) in [5, 5.41) is 3.12. The highest BCUT2D eigenvalue weighted by atomic mass is 16.5. The summed E-state index contributed by atoms with van der Waals surface area (Å²) in [5.41, 5.74) is 1.03. The highest BCUT2D eigenvalue weighted by Crippen LogP contribution is 2.08. The Labute approximate surface area is 103 Å². The second-order valence-electron chi connectivity index (χ2n) is 3.74. The van der Waals surface area contributed by atoms with E-state index in [1.807, 2.05) is 44.2 Å². The van der Waals surface area contributed by atoms with Gasteiger partial charge < -0.3 is 10.1 Å². The predicted octanol–water partition coefficient (Wildman–Crippen LogP) is 2.51. The minimum Gasteiger partial charge on any atom is -0.460 e. The summed E-state index contributed by atoms with van der Waals surface area (Å²) in [6.45, 7) is 5.29. The van der Waals surface area contributed by atoms with Crippen molar-refractivity contribution in [3.05, 3.63) is 35.9 Å². The number of carbonyl (C=O) groups is 1. The number of rotatable bonds is 3. The summed E-state index contributed by atoms with van der Waals surface area (Å²) in [5.74, 6) is -0.128. The van der Waals surface area contributed by atoms with Gasteiger partial charge in [-0.3, -0.25) is 4.79 Å². The van der Waals surface area contributed by atoms with Gasteiger partial charge in [0.25, 0.3) is 0 Å². The second kappa shape index (κ2) is 7.85. The average Bonchev–Trinajstić information content (AvgIpc) is 2.93. The van der Waals surface area contributed by atoms with Crippen molar-refractivity contribution in [1.82, 2.24) is 5.32 Å². The van der Waals surface area contributed by atoms with E-state index >= 15 is 0 Å². The molecule has 3 heteroatoms. The van der Waals surface area contributed by atoms with Crippen molar-refractivity contribution in [2.24, 2.45) is 0 Å². The van der Waals surface area contributed by atoms with Gasteiger partial charge in [0.2, 0.25) is 0 Å². The van der Waals surface area contributed by atoms with Crippen LogP contribution >= 0.6 is 0 Å². The number of ether oxygens (including phenoxy) is 1. The molecule has 3 nitrogen and oxygen atoms in total. The first kappa shape index (κ1) is 13.7. The van der Waals surface area contributed by atoms with Gasteiger partial charge in [-0.05, 0) is 24.9 Å². The third kappa shape index (κ3) is 4.57. The van der Waals surface area contributed by atoms with E-state index in [1.165, 1.54) is 0 Å². The number of benzene rings is 1. The molecule has 1 aliphatic heterocycles. The molecule has 1 aromatic carbocycles. The zero-order chi connectivity index (χ0) is 12.5. The molecule has 1 atom stereocenters. The molecule has 0 radical (unpaired) electrons. The summed E-state index contributed by atoms with van der Waals surface area (Å²) in [7, 11) is 0. The normalized spacial score (nSPS) is 18.1. The molecular formula is C14H21NO2. The second-order valence-corrected chi connectivity index (χ2v) is 3.74. The van der Waals surface area contributed by atoms with Crippen molar-refractivity contribution in [3.8, 4) is 0 Å². The molecule has 1 heterocycles. The molecule has 1 aromatic rings. The van der Waals surface area contributed by atoms with E-state index in [9.17, 15) is 4.79 Å². The van der Waals surface area contributed by atoms with Crippen LogP contribution in [0.15, 0.2) is 30.3 Å². The molecule has 1 saturated heterocycles. The van der Waals surface area contributed by atoms with Gasteiger partial charge in [0.05, 0.1) is 0 Å². The Balaban J connectivity index is 0.000000686. The smallest absolute Gasteiger partial charge is 0.323 e. The number of carbonyl (C=O) groups excluding carboxylic acids is 1. The van der Waals surface area contributed by atoms with Crippen molar-refractivity contribution < 1.29 is 9.53 Å². The molecular weight excluding hydrogens is 214 g/mol. The first-order valence-electron chi connectivity index (χ1n) is 6.30. The zero-order valence-electron chi connectivity index (χ0n) is 10.6. The fourth-order valence-corrected chi connectivity index (χ4v) is 1.72. The number of nitrogens with one attached hydrogen (secondary N) is 1. The zero-order valence-corrected chi connectivity index (χ0v) is 10.6. The quantitative estimate of drug-likeness (QED) is 0.818. The largest absolute Gasteiger partial charge is 0.460 e. The highest BCUT2D eigenvalue weighted by molar-refractivity contribution is 5.76. The van der Waals surface area contributed by atoms with Gasteiger partial charge in [0.15, 0.2) is 0 Å². The molecule has 0 bridgehead atoms. The van der Waals surface area contributed by atoms with E-state index in [4.69, 9.17) is 4.74 Å². The molecule has 0 unspecified atom stereocenters. The molecule has 94 valence electrons. The molecule has 1 fully saturated rings. The molecule has 0 aromatic heterocycles. The highest BCUT2D eigenvalue weighted by Gasteiger charge is 2.23. The van der Waals surface area contributed by atoms with E-state index in [1.54, 1.807) is 0 Å². The average molecular weight is 235 g/mol. The van der Waals surface area contributed by atoms with Crippen LogP contribution in [0.2, 0.25) is 0 Å². The first-order valence-corrected chi connectivity index (χ1v) is 6.30. The number of esters is 1. The van der Waals surface area contributed by atoms with Crippen LogP contribution in [0.25, 0.3) is 0 Å². The van der Waals surface area contributed by atoms with Crippen molar-refractivity contribution in [1.29, 1.82) is 0 Å². The van der Waals surface area contributed by atoms with Crippen LogP contribution in [-0.4, -0.2) is 18.6 Å². The van der Waals surface area contributed by atoms with Gasteiger partial charge in [0, 0.05) is 0 Å².